The smallest absolute Gasteiger partial charge is 0.254 e. The summed E-state index contributed by atoms with van der Waals surface area (Å²) in [7, 11) is 0. The van der Waals surface area contributed by atoms with Gasteiger partial charge in [-0.15, -0.1) is 0 Å². The highest BCUT2D eigenvalue weighted by Gasteiger charge is 2.47. The van der Waals surface area contributed by atoms with Crippen molar-refractivity contribution >= 4 is 17.5 Å². The standard InChI is InChI=1S/C21H26N6O3/c1-13-9-17(25-16-10-15(22-12-23-16)24-14-5-8-30-11-14)27(29)19-18(13)20(28)26-21(19)6-3-2-4-7-21/h9-10,12,14,29H,2-8,11H2,1H3,(H,26,28)(H,22,23,24)/t14-/m1/s1. The molecule has 9 heteroatoms. The van der Waals surface area contributed by atoms with E-state index in [0.717, 1.165) is 55.4 Å². The molecule has 2 aromatic rings. The first-order valence-electron chi connectivity index (χ1n) is 10.6. The van der Waals surface area contributed by atoms with E-state index in [2.05, 4.69) is 25.6 Å². The summed E-state index contributed by atoms with van der Waals surface area (Å²) in [6.07, 6.45) is 7.20. The number of hydrogen-bond acceptors (Lipinski definition) is 7. The highest BCUT2D eigenvalue weighted by molar-refractivity contribution is 6.00. The molecule has 0 unspecified atom stereocenters. The van der Waals surface area contributed by atoms with Crippen molar-refractivity contribution in [3.63, 3.8) is 0 Å². The second kappa shape index (κ2) is 7.39. The van der Waals surface area contributed by atoms with Crippen molar-refractivity contribution in [2.45, 2.75) is 57.0 Å². The minimum atomic E-state index is -0.517. The molecule has 3 aliphatic rings. The first-order chi connectivity index (χ1) is 14.6. The highest BCUT2D eigenvalue weighted by atomic mass is 16.5. The van der Waals surface area contributed by atoms with Crippen molar-refractivity contribution in [1.82, 2.24) is 20.0 Å². The number of pyridine rings is 1. The zero-order valence-electron chi connectivity index (χ0n) is 17.0. The molecular weight excluding hydrogens is 384 g/mol. The van der Waals surface area contributed by atoms with E-state index in [9.17, 15) is 10.0 Å². The maximum Gasteiger partial charge on any atom is 0.254 e. The van der Waals surface area contributed by atoms with Crippen molar-refractivity contribution in [2.24, 2.45) is 4.99 Å². The second-order valence-electron chi connectivity index (χ2n) is 8.40. The summed E-state index contributed by atoms with van der Waals surface area (Å²) in [5, 5.41) is 17.6. The van der Waals surface area contributed by atoms with E-state index < -0.39 is 5.54 Å². The van der Waals surface area contributed by atoms with Crippen LogP contribution in [0.25, 0.3) is 0 Å². The highest BCUT2D eigenvalue weighted by Crippen LogP contribution is 2.42. The normalized spacial score (nSPS) is 22.9. The van der Waals surface area contributed by atoms with Gasteiger partial charge in [-0.3, -0.25) is 4.79 Å². The zero-order chi connectivity index (χ0) is 20.7. The fraction of sp³-hybridized carbons (Fsp3) is 0.524. The average molecular weight is 410 g/mol. The van der Waals surface area contributed by atoms with Gasteiger partial charge in [0.2, 0.25) is 0 Å². The van der Waals surface area contributed by atoms with Crippen LogP contribution in [0.15, 0.2) is 23.5 Å². The minimum absolute atomic E-state index is 0.119. The Kier molecular flexibility index (Phi) is 4.69. The number of nitrogens with one attached hydrogen (secondary N) is 2. The largest absolute Gasteiger partial charge is 0.427 e. The fourth-order valence-corrected chi connectivity index (χ4v) is 4.86. The third-order valence-corrected chi connectivity index (χ3v) is 6.31. The number of aromatic nitrogens is 3. The Bertz CT molecular complexity index is 1050. The summed E-state index contributed by atoms with van der Waals surface area (Å²) in [5.41, 5.74) is 1.81. The number of fused-ring (bicyclic) bond motifs is 2. The van der Waals surface area contributed by atoms with E-state index in [-0.39, 0.29) is 11.9 Å². The number of ether oxygens (including phenoxy) is 1. The molecule has 1 spiro atoms. The van der Waals surface area contributed by atoms with Gasteiger partial charge in [0, 0.05) is 12.7 Å². The van der Waals surface area contributed by atoms with Crippen LogP contribution < -0.4 is 16.1 Å². The van der Waals surface area contributed by atoms with Crippen LogP contribution in [0.3, 0.4) is 0 Å². The Morgan fingerprint density at radius 2 is 2.13 bits per heavy atom. The van der Waals surface area contributed by atoms with Crippen LogP contribution in [-0.4, -0.2) is 45.1 Å². The molecule has 0 aromatic carbocycles. The summed E-state index contributed by atoms with van der Waals surface area (Å²) in [6.45, 7) is 3.28. The third kappa shape index (κ3) is 3.23. The topological polar surface area (TPSA) is 114 Å². The molecule has 1 saturated heterocycles. The molecule has 4 heterocycles. The second-order valence-corrected chi connectivity index (χ2v) is 8.40. The predicted octanol–water partition coefficient (Wildman–Crippen LogP) is 2.16. The van der Waals surface area contributed by atoms with Crippen molar-refractivity contribution in [1.29, 1.82) is 0 Å². The molecule has 1 aliphatic carbocycles. The lowest BCUT2D eigenvalue weighted by atomic mass is 9.79. The van der Waals surface area contributed by atoms with Crippen LogP contribution in [0.2, 0.25) is 0 Å². The number of amides is 1. The van der Waals surface area contributed by atoms with Crippen LogP contribution in [0, 0.1) is 6.92 Å². The number of rotatable bonds is 3. The molecule has 1 amide bonds. The monoisotopic (exact) mass is 410 g/mol. The number of carbonyl (C=O) groups excluding carboxylic acids is 1. The van der Waals surface area contributed by atoms with Gasteiger partial charge in [0.05, 0.1) is 29.4 Å². The van der Waals surface area contributed by atoms with Crippen LogP contribution in [-0.2, 0) is 10.3 Å². The molecule has 5 rings (SSSR count). The lowest BCUT2D eigenvalue weighted by molar-refractivity contribution is 0.0892. The first-order valence-corrected chi connectivity index (χ1v) is 10.6. The third-order valence-electron chi connectivity index (χ3n) is 6.31. The number of aryl methyl sites for hydroxylation is 1. The molecule has 1 saturated carbocycles. The van der Waals surface area contributed by atoms with Crippen LogP contribution >= 0.6 is 0 Å². The zero-order valence-corrected chi connectivity index (χ0v) is 17.0. The maximum absolute atomic E-state index is 12.7. The maximum atomic E-state index is 12.7. The van der Waals surface area contributed by atoms with E-state index in [1.165, 1.54) is 6.33 Å². The summed E-state index contributed by atoms with van der Waals surface area (Å²) >= 11 is 0. The van der Waals surface area contributed by atoms with Crippen LogP contribution in [0.5, 0.6) is 0 Å². The Morgan fingerprint density at radius 3 is 2.90 bits per heavy atom. The van der Waals surface area contributed by atoms with E-state index in [4.69, 9.17) is 4.74 Å². The Hall–Kier alpha value is -2.94. The molecule has 158 valence electrons. The predicted molar refractivity (Wildman–Crippen MR) is 109 cm³/mol. The fourth-order valence-electron chi connectivity index (χ4n) is 4.86. The van der Waals surface area contributed by atoms with Crippen molar-refractivity contribution in [2.75, 3.05) is 18.5 Å². The van der Waals surface area contributed by atoms with Gasteiger partial charge in [-0.2, -0.15) is 4.73 Å². The molecule has 0 bridgehead atoms. The summed E-state index contributed by atoms with van der Waals surface area (Å²) in [6, 6.07) is 3.70. The number of hydrogen-bond donors (Lipinski definition) is 3. The van der Waals surface area contributed by atoms with Crippen molar-refractivity contribution in [3.05, 3.63) is 40.8 Å². The van der Waals surface area contributed by atoms with Gasteiger partial charge >= 0.3 is 0 Å². The van der Waals surface area contributed by atoms with Crippen molar-refractivity contribution in [3.8, 4) is 0 Å². The first kappa shape index (κ1) is 19.0. The van der Waals surface area contributed by atoms with Gasteiger partial charge in [-0.1, -0.05) is 19.3 Å². The molecular formula is C21H26N6O3. The molecule has 2 fully saturated rings. The summed E-state index contributed by atoms with van der Waals surface area (Å²) in [5.74, 6) is 0.983. The number of carbonyl (C=O) groups is 1. The van der Waals surface area contributed by atoms with Gasteiger partial charge in [-0.25, -0.2) is 15.0 Å². The average Bonchev–Trinajstić information content (AvgIpc) is 3.33. The van der Waals surface area contributed by atoms with Crippen LogP contribution in [0.1, 0.15) is 60.1 Å². The quantitative estimate of drug-likeness (QED) is 0.668. The minimum Gasteiger partial charge on any atom is -0.427 e. The summed E-state index contributed by atoms with van der Waals surface area (Å²) in [4.78, 5) is 25.7. The van der Waals surface area contributed by atoms with Gasteiger partial charge in [0.1, 0.15) is 12.1 Å². The lowest BCUT2D eigenvalue weighted by Gasteiger charge is -2.34. The molecule has 9 nitrogen and oxygen atoms in total. The molecule has 2 aromatic heterocycles. The molecule has 2 aliphatic heterocycles. The van der Waals surface area contributed by atoms with Crippen LogP contribution in [0.4, 0.5) is 11.6 Å². The van der Waals surface area contributed by atoms with E-state index in [1.807, 2.05) is 6.92 Å². The summed E-state index contributed by atoms with van der Waals surface area (Å²) < 4.78 is 6.47. The van der Waals surface area contributed by atoms with Gasteiger partial charge < -0.3 is 20.6 Å². The van der Waals surface area contributed by atoms with Gasteiger partial charge in [0.15, 0.2) is 11.3 Å². The van der Waals surface area contributed by atoms with E-state index in [1.54, 1.807) is 12.1 Å². The van der Waals surface area contributed by atoms with Gasteiger partial charge in [-0.05, 0) is 37.8 Å². The molecule has 3 N–H and O–H groups in total. The molecule has 0 radical (unpaired) electrons. The van der Waals surface area contributed by atoms with E-state index in [0.29, 0.717) is 35.0 Å². The Labute approximate surface area is 174 Å². The Morgan fingerprint density at radius 1 is 1.30 bits per heavy atom. The molecule has 30 heavy (non-hydrogen) atoms. The van der Waals surface area contributed by atoms with E-state index >= 15 is 0 Å². The van der Waals surface area contributed by atoms with Crippen molar-refractivity contribution < 1.29 is 14.7 Å². The molecule has 1 atom stereocenters. The lowest BCUT2D eigenvalue weighted by Crippen LogP contribution is -2.43. The Balaban J connectivity index is 1.56. The van der Waals surface area contributed by atoms with Gasteiger partial charge in [0.25, 0.3) is 5.91 Å². The number of anilines is 1. The number of nitrogens with zero attached hydrogens (tertiary/aromatic N) is 4. The SMILES string of the molecule is Cc1cc(=Nc2cc(N[C@@H]3CCOC3)ncn2)n(O)c2c1C(=O)NC21CCCCC1.